The molecule has 39 heavy (non-hydrogen) atoms. The van der Waals surface area contributed by atoms with Gasteiger partial charge in [0.2, 0.25) is 5.69 Å². The molecule has 2 heterocycles. The summed E-state index contributed by atoms with van der Waals surface area (Å²) in [6, 6.07) is 23.4. The molecule has 3 aromatic carbocycles. The summed E-state index contributed by atoms with van der Waals surface area (Å²) in [4.78, 5) is 0. The van der Waals surface area contributed by atoms with Gasteiger partial charge in [-0.25, -0.2) is 4.57 Å². The van der Waals surface area contributed by atoms with E-state index in [0.29, 0.717) is 52.2 Å². The van der Waals surface area contributed by atoms with E-state index in [2.05, 4.69) is 26.8 Å². The van der Waals surface area contributed by atoms with Crippen molar-refractivity contribution in [3.05, 3.63) is 89.6 Å². The first-order chi connectivity index (χ1) is 20.3. The van der Waals surface area contributed by atoms with Crippen LogP contribution < -0.4 is 4.57 Å². The van der Waals surface area contributed by atoms with Crippen LogP contribution in [-0.4, -0.2) is 0 Å². The molecule has 0 unspecified atom stereocenters. The molecule has 0 amide bonds. The van der Waals surface area contributed by atoms with Crippen LogP contribution in [0.2, 0.25) is 0 Å². The van der Waals surface area contributed by atoms with Crippen LogP contribution in [0.3, 0.4) is 0 Å². The smallest absolute Gasteiger partial charge is 0.216 e. The van der Waals surface area contributed by atoms with Crippen LogP contribution in [0.25, 0.3) is 44.3 Å². The number of nitrogens with zero attached hydrogens (tertiary/aromatic N) is 2. The summed E-state index contributed by atoms with van der Waals surface area (Å²) in [5, 5.41) is 12.0. The van der Waals surface area contributed by atoms with E-state index in [0.717, 1.165) is 34.9 Å². The van der Waals surface area contributed by atoms with Crippen LogP contribution in [0, 0.1) is 29.5 Å². The van der Waals surface area contributed by atoms with Gasteiger partial charge in [-0.3, -0.25) is 0 Å². The third-order valence-corrected chi connectivity index (χ3v) is 8.62. The van der Waals surface area contributed by atoms with E-state index >= 15 is 0 Å². The van der Waals surface area contributed by atoms with E-state index in [1.54, 1.807) is 12.1 Å². The van der Waals surface area contributed by atoms with E-state index < -0.39 is 12.7 Å². The molecule has 6 rings (SSSR count). The third kappa shape index (κ3) is 4.43. The van der Waals surface area contributed by atoms with Crippen molar-refractivity contribution in [1.82, 2.24) is 0 Å². The lowest BCUT2D eigenvalue weighted by molar-refractivity contribution is -0.660. The van der Waals surface area contributed by atoms with Crippen molar-refractivity contribution in [2.45, 2.75) is 59.2 Å². The summed E-state index contributed by atoms with van der Waals surface area (Å²) in [6.07, 6.45) is 5.03. The molecule has 5 aromatic rings. The first-order valence-electron chi connectivity index (χ1n) is 15.8. The van der Waals surface area contributed by atoms with Gasteiger partial charge in [-0.1, -0.05) is 51.1 Å². The van der Waals surface area contributed by atoms with Crippen molar-refractivity contribution in [3.63, 3.8) is 0 Å². The average molecular weight is 518 g/mol. The molecule has 1 aliphatic rings. The van der Waals surface area contributed by atoms with Gasteiger partial charge in [0.25, 0.3) is 0 Å². The van der Waals surface area contributed by atoms with Crippen molar-refractivity contribution in [3.8, 4) is 28.5 Å². The molecule has 0 aliphatic heterocycles. The molecule has 2 aromatic heterocycles. The predicted molar refractivity (Wildman–Crippen MR) is 159 cm³/mol. The highest BCUT2D eigenvalue weighted by atomic mass is 16.3. The van der Waals surface area contributed by atoms with Crippen molar-refractivity contribution in [1.29, 1.82) is 5.26 Å². The van der Waals surface area contributed by atoms with Crippen LogP contribution in [0.4, 0.5) is 0 Å². The fraction of sp³-hybridized carbons (Fsp3) is 0.333. The number of aryl methyl sites for hydroxylation is 2. The van der Waals surface area contributed by atoms with Gasteiger partial charge in [-0.05, 0) is 90.7 Å². The SMILES string of the molecule is [2H]C([2H])([2H])c1cc(-c2c(C#N)ccc3c2oc2c(-c4cccc[n+]4C)cccc23)ccc1C1([2H])CCC(C(C)(C)C)CC1. The molecule has 1 fully saturated rings. The number of aromatic nitrogens is 1. The number of pyridine rings is 1. The summed E-state index contributed by atoms with van der Waals surface area (Å²) >= 11 is 0. The molecule has 0 N–H and O–H groups in total. The lowest BCUT2D eigenvalue weighted by Gasteiger charge is -2.37. The molecule has 0 saturated heterocycles. The summed E-state index contributed by atoms with van der Waals surface area (Å²) in [5.74, 6) is -0.457. The number of fused-ring (bicyclic) bond motifs is 3. The number of hydrogen-bond acceptors (Lipinski definition) is 2. The van der Waals surface area contributed by atoms with E-state index in [-0.39, 0.29) is 11.0 Å². The van der Waals surface area contributed by atoms with E-state index in [4.69, 9.17) is 8.53 Å². The molecular weight excluding hydrogens is 476 g/mol. The molecule has 1 saturated carbocycles. The maximum atomic E-state index is 10.2. The number of benzene rings is 3. The second-order valence-corrected chi connectivity index (χ2v) is 12.0. The van der Waals surface area contributed by atoms with Crippen molar-refractivity contribution in [2.24, 2.45) is 18.4 Å². The Morgan fingerprint density at radius 1 is 0.949 bits per heavy atom. The Morgan fingerprint density at radius 3 is 2.46 bits per heavy atom. The lowest BCUT2D eigenvalue weighted by Crippen LogP contribution is -2.29. The number of furan rings is 1. The molecule has 0 spiro atoms. The van der Waals surface area contributed by atoms with Crippen LogP contribution in [0.5, 0.6) is 0 Å². The van der Waals surface area contributed by atoms with E-state index in [9.17, 15) is 6.63 Å². The normalized spacial score (nSPS) is 21.7. The predicted octanol–water partition coefficient (Wildman–Crippen LogP) is 9.24. The number of nitriles is 1. The Labute approximate surface area is 237 Å². The van der Waals surface area contributed by atoms with Crippen LogP contribution >= 0.6 is 0 Å². The Bertz CT molecular complexity index is 1900. The fourth-order valence-corrected chi connectivity index (χ4v) is 6.36. The Morgan fingerprint density at radius 2 is 1.74 bits per heavy atom. The van der Waals surface area contributed by atoms with Gasteiger partial charge in [-0.15, -0.1) is 0 Å². The van der Waals surface area contributed by atoms with E-state index in [1.807, 2.05) is 72.4 Å². The Hall–Kier alpha value is -3.90. The van der Waals surface area contributed by atoms with Gasteiger partial charge in [-0.2, -0.15) is 5.26 Å². The highest BCUT2D eigenvalue weighted by molar-refractivity contribution is 6.13. The zero-order valence-electron chi connectivity index (χ0n) is 27.1. The summed E-state index contributed by atoms with van der Waals surface area (Å²) in [7, 11) is 1.99. The topological polar surface area (TPSA) is 40.8 Å². The second kappa shape index (κ2) is 9.69. The van der Waals surface area contributed by atoms with Crippen LogP contribution in [-0.2, 0) is 7.05 Å². The fourth-order valence-electron chi connectivity index (χ4n) is 6.36. The minimum atomic E-state index is -2.41. The average Bonchev–Trinajstić information content (AvgIpc) is 3.35. The molecule has 3 heteroatoms. The van der Waals surface area contributed by atoms with Crippen molar-refractivity contribution < 1.29 is 14.5 Å². The van der Waals surface area contributed by atoms with Gasteiger partial charge >= 0.3 is 0 Å². The van der Waals surface area contributed by atoms with Crippen molar-refractivity contribution in [2.75, 3.05) is 0 Å². The largest absolute Gasteiger partial charge is 0.454 e. The van der Waals surface area contributed by atoms with Gasteiger partial charge in [0.15, 0.2) is 6.20 Å². The second-order valence-electron chi connectivity index (χ2n) is 12.0. The zero-order valence-corrected chi connectivity index (χ0v) is 23.1. The first-order valence-corrected chi connectivity index (χ1v) is 13.8. The summed E-state index contributed by atoms with van der Waals surface area (Å²) in [5.41, 5.74) is 5.69. The maximum absolute atomic E-state index is 10.2. The summed E-state index contributed by atoms with van der Waals surface area (Å²) in [6.45, 7) is 4.31. The minimum Gasteiger partial charge on any atom is -0.454 e. The molecule has 1 aliphatic carbocycles. The molecule has 0 radical (unpaired) electrons. The van der Waals surface area contributed by atoms with Crippen LogP contribution in [0.15, 0.2) is 77.3 Å². The third-order valence-electron chi connectivity index (χ3n) is 8.62. The van der Waals surface area contributed by atoms with Gasteiger partial charge in [0, 0.05) is 34.0 Å². The van der Waals surface area contributed by atoms with Crippen molar-refractivity contribution >= 4 is 21.9 Å². The molecule has 0 bridgehead atoms. The standard InChI is InChI=1S/C36H37N2O/c1-23-21-25(14-18-28(23)24-12-16-27(17-13-24)36(2,3)4)33-26(22-37)15-19-30-29-9-8-10-31(34(29)39-35(30)33)32-11-6-7-20-38(32)5/h6-11,14-15,18-21,24,27H,12-13,16-17H2,1-5H3/q+1/i1D3,24D. The van der Waals surface area contributed by atoms with Gasteiger partial charge in [0.05, 0.1) is 17.2 Å². The summed E-state index contributed by atoms with van der Waals surface area (Å²) < 4.78 is 43.5. The molecule has 0 atom stereocenters. The molecular formula is C36H37N2O+. The molecule has 196 valence electrons. The monoisotopic (exact) mass is 517 g/mol. The Kier molecular flexibility index (Phi) is 5.21. The number of para-hydroxylation sites is 1. The number of hydrogen-bond donors (Lipinski definition) is 0. The highest BCUT2D eigenvalue weighted by Gasteiger charge is 2.31. The van der Waals surface area contributed by atoms with E-state index in [1.165, 1.54) is 0 Å². The van der Waals surface area contributed by atoms with Gasteiger partial charge < -0.3 is 4.42 Å². The lowest BCUT2D eigenvalue weighted by atomic mass is 9.68. The maximum Gasteiger partial charge on any atom is 0.216 e. The van der Waals surface area contributed by atoms with Crippen LogP contribution in [0.1, 0.15) is 74.5 Å². The quantitative estimate of drug-likeness (QED) is 0.224. The highest BCUT2D eigenvalue weighted by Crippen LogP contribution is 2.45. The van der Waals surface area contributed by atoms with Gasteiger partial charge in [0.1, 0.15) is 18.2 Å². The zero-order chi connectivity index (χ0) is 30.7. The Balaban J connectivity index is 1.54. The molecule has 3 nitrogen and oxygen atoms in total. The first kappa shape index (κ1) is 21.0. The number of rotatable bonds is 3. The minimum absolute atomic E-state index is 0.161.